The summed E-state index contributed by atoms with van der Waals surface area (Å²) in [5, 5.41) is 9.44. The molecule has 0 amide bonds. The first-order chi connectivity index (χ1) is 5.84. The first-order valence-corrected chi connectivity index (χ1v) is 5.01. The van der Waals surface area contributed by atoms with Gasteiger partial charge in [0.1, 0.15) is 0 Å². The Hall–Kier alpha value is -0.480. The van der Waals surface area contributed by atoms with E-state index in [1.165, 1.54) is 12.8 Å². The number of hydrogen-bond donors (Lipinski definition) is 1. The van der Waals surface area contributed by atoms with Crippen LogP contribution in [0.1, 0.15) is 45.4 Å². The average molecular weight is 166 g/mol. The van der Waals surface area contributed by atoms with E-state index in [1.54, 1.807) is 0 Å². The van der Waals surface area contributed by atoms with Crippen LogP contribution in [0.2, 0.25) is 0 Å². The molecular weight excluding hydrogens is 148 g/mol. The van der Waals surface area contributed by atoms with Crippen LogP contribution in [0.5, 0.6) is 0 Å². The van der Waals surface area contributed by atoms with Gasteiger partial charge < -0.3 is 5.11 Å². The predicted molar refractivity (Wildman–Crippen MR) is 50.6 cm³/mol. The smallest absolute Gasteiger partial charge is 0.0677 e. The van der Waals surface area contributed by atoms with Crippen LogP contribution in [0.15, 0.2) is 0 Å². The summed E-state index contributed by atoms with van der Waals surface area (Å²) in [6.07, 6.45) is 6.46. The van der Waals surface area contributed by atoms with E-state index < -0.39 is 0 Å². The molecule has 2 atom stereocenters. The van der Waals surface area contributed by atoms with Crippen LogP contribution in [0.25, 0.3) is 0 Å². The van der Waals surface area contributed by atoms with Gasteiger partial charge in [-0.05, 0) is 25.7 Å². The highest BCUT2D eigenvalue weighted by Crippen LogP contribution is 2.24. The van der Waals surface area contributed by atoms with Crippen LogP contribution in [-0.2, 0) is 0 Å². The Morgan fingerprint density at radius 3 is 2.83 bits per heavy atom. The van der Waals surface area contributed by atoms with Crippen molar-refractivity contribution in [2.45, 2.75) is 51.6 Å². The van der Waals surface area contributed by atoms with E-state index in [-0.39, 0.29) is 12.0 Å². The van der Waals surface area contributed by atoms with E-state index in [2.05, 4.69) is 18.8 Å². The summed E-state index contributed by atoms with van der Waals surface area (Å²) >= 11 is 0. The summed E-state index contributed by atoms with van der Waals surface area (Å²) in [7, 11) is 0. The maximum absolute atomic E-state index is 9.44. The Labute approximate surface area is 75.2 Å². The molecule has 1 nitrogen and oxygen atoms in total. The Bertz CT molecular complexity index is 175. The van der Waals surface area contributed by atoms with Crippen molar-refractivity contribution in [1.29, 1.82) is 0 Å². The van der Waals surface area contributed by atoms with Crippen LogP contribution < -0.4 is 0 Å². The van der Waals surface area contributed by atoms with Gasteiger partial charge >= 0.3 is 0 Å². The first-order valence-electron chi connectivity index (χ1n) is 5.01. The second-order valence-corrected chi connectivity index (χ2v) is 3.53. The minimum atomic E-state index is -0.140. The highest BCUT2D eigenvalue weighted by atomic mass is 16.3. The number of hydrogen-bond acceptors (Lipinski definition) is 1. The molecule has 68 valence electrons. The molecule has 12 heavy (non-hydrogen) atoms. The van der Waals surface area contributed by atoms with Crippen LogP contribution in [0.3, 0.4) is 0 Å². The van der Waals surface area contributed by atoms with Crippen molar-refractivity contribution in [1.82, 2.24) is 0 Å². The van der Waals surface area contributed by atoms with Crippen molar-refractivity contribution >= 4 is 0 Å². The molecule has 1 aliphatic rings. The molecule has 0 saturated heterocycles. The lowest BCUT2D eigenvalue weighted by atomic mass is 10.1. The van der Waals surface area contributed by atoms with E-state index in [0.717, 1.165) is 25.7 Å². The summed E-state index contributed by atoms with van der Waals surface area (Å²) < 4.78 is 0. The van der Waals surface area contributed by atoms with Crippen molar-refractivity contribution in [2.75, 3.05) is 0 Å². The van der Waals surface area contributed by atoms with Crippen LogP contribution in [0.4, 0.5) is 0 Å². The van der Waals surface area contributed by atoms with Gasteiger partial charge in [-0.15, -0.1) is 5.92 Å². The highest BCUT2D eigenvalue weighted by molar-refractivity contribution is 5.07. The van der Waals surface area contributed by atoms with Crippen molar-refractivity contribution in [2.24, 2.45) is 5.92 Å². The second-order valence-electron chi connectivity index (χ2n) is 3.53. The Kier molecular flexibility index (Phi) is 4.18. The van der Waals surface area contributed by atoms with Gasteiger partial charge in [0.2, 0.25) is 0 Å². The van der Waals surface area contributed by atoms with E-state index >= 15 is 0 Å². The standard InChI is InChI=1S/C11H18O/c1-2-3-4-5-7-10-8-6-9-11(10)12/h10-12H,2-4,6,8-9H2,1H3/t10-,11+/m0/s1. The molecule has 1 N–H and O–H groups in total. The topological polar surface area (TPSA) is 20.2 Å². The zero-order valence-electron chi connectivity index (χ0n) is 7.84. The van der Waals surface area contributed by atoms with E-state index in [0.29, 0.717) is 0 Å². The quantitative estimate of drug-likeness (QED) is 0.493. The van der Waals surface area contributed by atoms with Crippen molar-refractivity contribution in [3.8, 4) is 11.8 Å². The normalized spacial score (nSPS) is 28.2. The monoisotopic (exact) mass is 166 g/mol. The summed E-state index contributed by atoms with van der Waals surface area (Å²) in [6, 6.07) is 0. The molecule has 1 rings (SSSR count). The SMILES string of the molecule is CCCCC#C[C@H]1CCC[C@H]1O. The Morgan fingerprint density at radius 1 is 1.42 bits per heavy atom. The Morgan fingerprint density at radius 2 is 2.25 bits per heavy atom. The highest BCUT2D eigenvalue weighted by Gasteiger charge is 2.22. The number of aliphatic hydroxyl groups is 1. The minimum Gasteiger partial charge on any atom is -0.392 e. The fourth-order valence-corrected chi connectivity index (χ4v) is 1.58. The molecule has 0 heterocycles. The zero-order valence-corrected chi connectivity index (χ0v) is 7.84. The lowest BCUT2D eigenvalue weighted by Crippen LogP contribution is -2.10. The van der Waals surface area contributed by atoms with Gasteiger partial charge in [-0.2, -0.15) is 0 Å². The molecule has 0 bridgehead atoms. The predicted octanol–water partition coefficient (Wildman–Crippen LogP) is 2.34. The molecule has 1 fully saturated rings. The number of unbranched alkanes of at least 4 members (excludes halogenated alkanes) is 2. The lowest BCUT2D eigenvalue weighted by Gasteiger charge is -2.04. The lowest BCUT2D eigenvalue weighted by molar-refractivity contribution is 0.157. The fraction of sp³-hybridized carbons (Fsp3) is 0.818. The van der Waals surface area contributed by atoms with Crippen molar-refractivity contribution in [3.05, 3.63) is 0 Å². The van der Waals surface area contributed by atoms with Crippen LogP contribution in [-0.4, -0.2) is 11.2 Å². The molecule has 0 aliphatic heterocycles. The molecular formula is C11H18O. The summed E-state index contributed by atoms with van der Waals surface area (Å²) in [6.45, 7) is 2.17. The third-order valence-electron chi connectivity index (χ3n) is 2.42. The third-order valence-corrected chi connectivity index (χ3v) is 2.42. The molecule has 0 spiro atoms. The number of aliphatic hydroxyl groups excluding tert-OH is 1. The second kappa shape index (κ2) is 5.22. The largest absolute Gasteiger partial charge is 0.392 e. The van der Waals surface area contributed by atoms with Crippen LogP contribution in [0, 0.1) is 17.8 Å². The van der Waals surface area contributed by atoms with Gasteiger partial charge in [0, 0.05) is 12.3 Å². The van der Waals surface area contributed by atoms with E-state index in [4.69, 9.17) is 0 Å². The van der Waals surface area contributed by atoms with E-state index in [1.807, 2.05) is 0 Å². The molecule has 1 aliphatic carbocycles. The zero-order chi connectivity index (χ0) is 8.81. The molecule has 1 saturated carbocycles. The molecule has 1 heteroatoms. The summed E-state index contributed by atoms with van der Waals surface area (Å²) in [5.74, 6) is 6.59. The van der Waals surface area contributed by atoms with Gasteiger partial charge in [-0.1, -0.05) is 19.3 Å². The number of rotatable bonds is 2. The van der Waals surface area contributed by atoms with Gasteiger partial charge in [0.05, 0.1) is 6.10 Å². The third kappa shape index (κ3) is 2.87. The first kappa shape index (κ1) is 9.61. The van der Waals surface area contributed by atoms with Gasteiger partial charge in [-0.3, -0.25) is 0 Å². The van der Waals surface area contributed by atoms with E-state index in [9.17, 15) is 5.11 Å². The molecule has 0 aromatic heterocycles. The molecule has 0 unspecified atom stereocenters. The molecule has 0 radical (unpaired) electrons. The van der Waals surface area contributed by atoms with Gasteiger partial charge in [-0.25, -0.2) is 0 Å². The van der Waals surface area contributed by atoms with Gasteiger partial charge in [0.15, 0.2) is 0 Å². The maximum Gasteiger partial charge on any atom is 0.0677 e. The fourth-order valence-electron chi connectivity index (χ4n) is 1.58. The molecule has 0 aromatic carbocycles. The van der Waals surface area contributed by atoms with Crippen molar-refractivity contribution in [3.63, 3.8) is 0 Å². The Balaban J connectivity index is 2.22. The molecule has 0 aromatic rings. The van der Waals surface area contributed by atoms with Gasteiger partial charge in [0.25, 0.3) is 0 Å². The summed E-state index contributed by atoms with van der Waals surface area (Å²) in [5.41, 5.74) is 0. The maximum atomic E-state index is 9.44. The van der Waals surface area contributed by atoms with Crippen LogP contribution >= 0.6 is 0 Å². The average Bonchev–Trinajstić information content (AvgIpc) is 2.46. The van der Waals surface area contributed by atoms with Crippen molar-refractivity contribution < 1.29 is 5.11 Å². The summed E-state index contributed by atoms with van der Waals surface area (Å²) in [4.78, 5) is 0. The minimum absolute atomic E-state index is 0.140.